The van der Waals surface area contributed by atoms with E-state index in [1.54, 1.807) is 6.92 Å². The lowest BCUT2D eigenvalue weighted by molar-refractivity contribution is 0.199. The first-order chi connectivity index (χ1) is 8.97. The topological polar surface area (TPSA) is 29.5 Å². The summed E-state index contributed by atoms with van der Waals surface area (Å²) in [6.07, 6.45) is -0.497. The number of aliphatic hydroxyl groups is 1. The lowest BCUT2D eigenvalue weighted by atomic mass is 10.1. The van der Waals surface area contributed by atoms with Gasteiger partial charge in [0, 0.05) is 5.02 Å². The van der Waals surface area contributed by atoms with Gasteiger partial charge in [0.05, 0.1) is 10.6 Å². The summed E-state index contributed by atoms with van der Waals surface area (Å²) in [4.78, 5) is 0. The molecule has 2 nitrogen and oxygen atoms in total. The van der Waals surface area contributed by atoms with Crippen molar-refractivity contribution in [1.82, 2.24) is 0 Å². The molecule has 0 bridgehead atoms. The lowest BCUT2D eigenvalue weighted by Gasteiger charge is -2.11. The highest BCUT2D eigenvalue weighted by molar-refractivity contribution is 9.10. The molecule has 0 heterocycles. The minimum atomic E-state index is -0.497. The van der Waals surface area contributed by atoms with Gasteiger partial charge in [-0.3, -0.25) is 0 Å². The minimum absolute atomic E-state index is 0.497. The van der Waals surface area contributed by atoms with Gasteiger partial charge < -0.3 is 9.84 Å². The summed E-state index contributed by atoms with van der Waals surface area (Å²) in [6.45, 7) is 3.66. The number of benzene rings is 2. The Kier molecular flexibility index (Phi) is 4.50. The number of ether oxygens (including phenoxy) is 1. The molecule has 19 heavy (non-hydrogen) atoms. The summed E-state index contributed by atoms with van der Waals surface area (Å²) < 4.78 is 6.60. The van der Waals surface area contributed by atoms with E-state index in [1.807, 2.05) is 43.3 Å². The van der Waals surface area contributed by atoms with Gasteiger partial charge in [0.15, 0.2) is 0 Å². The Labute approximate surface area is 126 Å². The number of aryl methyl sites for hydroxylation is 1. The van der Waals surface area contributed by atoms with Gasteiger partial charge in [-0.2, -0.15) is 0 Å². The van der Waals surface area contributed by atoms with Crippen LogP contribution in [0.1, 0.15) is 24.2 Å². The average Bonchev–Trinajstić information content (AvgIpc) is 2.36. The van der Waals surface area contributed by atoms with E-state index in [-0.39, 0.29) is 0 Å². The molecule has 0 unspecified atom stereocenters. The number of hydrogen-bond donors (Lipinski definition) is 1. The van der Waals surface area contributed by atoms with Gasteiger partial charge in [-0.15, -0.1) is 0 Å². The maximum Gasteiger partial charge on any atom is 0.141 e. The molecule has 0 fully saturated rings. The predicted octanol–water partition coefficient (Wildman–Crippen LogP) is 5.26. The third-order valence-corrected chi connectivity index (χ3v) is 3.84. The van der Waals surface area contributed by atoms with E-state index < -0.39 is 6.10 Å². The van der Waals surface area contributed by atoms with Crippen molar-refractivity contribution in [3.05, 3.63) is 57.0 Å². The SMILES string of the molecule is Cc1cc(Oc2ccc([C@@H](C)O)cc2Br)ccc1Cl. The van der Waals surface area contributed by atoms with Crippen molar-refractivity contribution in [1.29, 1.82) is 0 Å². The first kappa shape index (κ1) is 14.4. The van der Waals surface area contributed by atoms with Crippen LogP contribution in [0.25, 0.3) is 0 Å². The molecule has 0 amide bonds. The van der Waals surface area contributed by atoms with Crippen LogP contribution >= 0.6 is 27.5 Å². The van der Waals surface area contributed by atoms with Crippen LogP contribution in [0.4, 0.5) is 0 Å². The van der Waals surface area contributed by atoms with E-state index >= 15 is 0 Å². The Morgan fingerprint density at radius 3 is 2.53 bits per heavy atom. The van der Waals surface area contributed by atoms with E-state index in [2.05, 4.69) is 15.9 Å². The summed E-state index contributed by atoms with van der Waals surface area (Å²) in [7, 11) is 0. The fraction of sp³-hybridized carbons (Fsp3) is 0.200. The second-order valence-electron chi connectivity index (χ2n) is 4.38. The van der Waals surface area contributed by atoms with Gasteiger partial charge >= 0.3 is 0 Å². The molecular weight excluding hydrogens is 328 g/mol. The Hall–Kier alpha value is -1.03. The zero-order valence-electron chi connectivity index (χ0n) is 10.7. The van der Waals surface area contributed by atoms with Crippen molar-refractivity contribution >= 4 is 27.5 Å². The van der Waals surface area contributed by atoms with Gasteiger partial charge in [-0.05, 0) is 71.2 Å². The second kappa shape index (κ2) is 5.95. The van der Waals surface area contributed by atoms with Gasteiger partial charge in [0.2, 0.25) is 0 Å². The molecular formula is C15H14BrClO2. The van der Waals surface area contributed by atoms with Crippen molar-refractivity contribution in [3.8, 4) is 11.5 Å². The molecule has 100 valence electrons. The number of hydrogen-bond acceptors (Lipinski definition) is 2. The van der Waals surface area contributed by atoms with Gasteiger partial charge in [0.25, 0.3) is 0 Å². The molecule has 0 saturated heterocycles. The largest absolute Gasteiger partial charge is 0.456 e. The van der Waals surface area contributed by atoms with Crippen molar-refractivity contribution in [2.45, 2.75) is 20.0 Å². The smallest absolute Gasteiger partial charge is 0.141 e. The number of rotatable bonds is 3. The monoisotopic (exact) mass is 340 g/mol. The van der Waals surface area contributed by atoms with Crippen molar-refractivity contribution < 1.29 is 9.84 Å². The molecule has 2 aromatic carbocycles. The molecule has 0 aliphatic carbocycles. The zero-order chi connectivity index (χ0) is 14.0. The van der Waals surface area contributed by atoms with Crippen molar-refractivity contribution in [2.24, 2.45) is 0 Å². The molecule has 1 N–H and O–H groups in total. The quantitative estimate of drug-likeness (QED) is 0.825. The van der Waals surface area contributed by atoms with E-state index in [1.165, 1.54) is 0 Å². The normalized spacial score (nSPS) is 12.3. The van der Waals surface area contributed by atoms with E-state index in [0.717, 1.165) is 26.4 Å². The Morgan fingerprint density at radius 1 is 1.21 bits per heavy atom. The Balaban J connectivity index is 2.25. The molecule has 0 aromatic heterocycles. The predicted molar refractivity (Wildman–Crippen MR) is 81.0 cm³/mol. The van der Waals surface area contributed by atoms with Crippen LogP contribution in [0.3, 0.4) is 0 Å². The molecule has 0 aliphatic heterocycles. The molecule has 4 heteroatoms. The molecule has 2 aromatic rings. The van der Waals surface area contributed by atoms with Crippen LogP contribution in [0.5, 0.6) is 11.5 Å². The van der Waals surface area contributed by atoms with Crippen LogP contribution in [0.2, 0.25) is 5.02 Å². The standard InChI is InChI=1S/C15H14BrClO2/c1-9-7-12(4-5-14(9)17)19-15-6-3-11(10(2)18)8-13(15)16/h3-8,10,18H,1-2H3/t10-/m1/s1. The Morgan fingerprint density at radius 2 is 1.95 bits per heavy atom. The summed E-state index contributed by atoms with van der Waals surface area (Å²) in [5, 5.41) is 10.2. The second-order valence-corrected chi connectivity index (χ2v) is 5.64. The van der Waals surface area contributed by atoms with Gasteiger partial charge in [-0.25, -0.2) is 0 Å². The molecule has 0 radical (unpaired) electrons. The highest BCUT2D eigenvalue weighted by Gasteiger charge is 2.08. The summed E-state index contributed by atoms with van der Waals surface area (Å²) in [5.74, 6) is 1.43. The van der Waals surface area contributed by atoms with Crippen molar-refractivity contribution in [3.63, 3.8) is 0 Å². The molecule has 2 rings (SSSR count). The third kappa shape index (κ3) is 3.50. The molecule has 0 saturated carbocycles. The summed E-state index contributed by atoms with van der Waals surface area (Å²) >= 11 is 9.42. The highest BCUT2D eigenvalue weighted by atomic mass is 79.9. The molecule has 0 aliphatic rings. The maximum atomic E-state index is 9.52. The first-order valence-electron chi connectivity index (χ1n) is 5.89. The maximum absolute atomic E-state index is 9.52. The first-order valence-corrected chi connectivity index (χ1v) is 7.06. The molecule has 1 atom stereocenters. The van der Waals surface area contributed by atoms with Gasteiger partial charge in [0.1, 0.15) is 11.5 Å². The summed E-state index contributed by atoms with van der Waals surface area (Å²) in [5.41, 5.74) is 1.81. The molecule has 0 spiro atoms. The highest BCUT2D eigenvalue weighted by Crippen LogP contribution is 2.33. The Bertz CT molecular complexity index is 597. The fourth-order valence-corrected chi connectivity index (χ4v) is 2.26. The van der Waals surface area contributed by atoms with Crippen LogP contribution in [-0.4, -0.2) is 5.11 Å². The summed E-state index contributed by atoms with van der Waals surface area (Å²) in [6, 6.07) is 11.0. The van der Waals surface area contributed by atoms with Crippen LogP contribution in [-0.2, 0) is 0 Å². The third-order valence-electron chi connectivity index (χ3n) is 2.80. The van der Waals surface area contributed by atoms with E-state index in [4.69, 9.17) is 16.3 Å². The van der Waals surface area contributed by atoms with E-state index in [0.29, 0.717) is 5.75 Å². The van der Waals surface area contributed by atoms with Crippen LogP contribution in [0, 0.1) is 6.92 Å². The van der Waals surface area contributed by atoms with Crippen molar-refractivity contribution in [2.75, 3.05) is 0 Å². The minimum Gasteiger partial charge on any atom is -0.456 e. The van der Waals surface area contributed by atoms with Gasteiger partial charge in [-0.1, -0.05) is 17.7 Å². The number of halogens is 2. The van der Waals surface area contributed by atoms with E-state index in [9.17, 15) is 5.11 Å². The zero-order valence-corrected chi connectivity index (χ0v) is 13.0. The van der Waals surface area contributed by atoms with Crippen LogP contribution < -0.4 is 4.74 Å². The fourth-order valence-electron chi connectivity index (χ4n) is 1.67. The average molecular weight is 342 g/mol. The van der Waals surface area contributed by atoms with Crippen LogP contribution in [0.15, 0.2) is 40.9 Å². The lowest BCUT2D eigenvalue weighted by Crippen LogP contribution is -1.92. The number of aliphatic hydroxyl groups excluding tert-OH is 1.